The lowest BCUT2D eigenvalue weighted by Gasteiger charge is -2.22. The Morgan fingerprint density at radius 2 is 2.18 bits per heavy atom. The van der Waals surface area contributed by atoms with Gasteiger partial charge in [-0.15, -0.1) is 0 Å². The molecule has 3 nitrogen and oxygen atoms in total. The van der Waals surface area contributed by atoms with Crippen molar-refractivity contribution in [1.29, 1.82) is 0 Å². The van der Waals surface area contributed by atoms with Crippen LogP contribution < -0.4 is 10.1 Å². The van der Waals surface area contributed by atoms with Crippen molar-refractivity contribution in [3.63, 3.8) is 0 Å². The highest BCUT2D eigenvalue weighted by molar-refractivity contribution is 5.20. The molecule has 0 amide bonds. The van der Waals surface area contributed by atoms with E-state index in [2.05, 4.69) is 17.1 Å². The average molecular weight is 234 g/mol. The van der Waals surface area contributed by atoms with E-state index in [1.54, 1.807) is 0 Å². The van der Waals surface area contributed by atoms with Crippen LogP contribution in [-0.4, -0.2) is 43.7 Å². The number of hydrogen-bond acceptors (Lipinski definition) is 3. The maximum absolute atomic E-state index is 5.72. The maximum atomic E-state index is 5.72. The summed E-state index contributed by atoms with van der Waals surface area (Å²) < 4.78 is 5.72. The SMILES string of the molecule is CC1CN(CCOc2ccccc2)CCCN1. The van der Waals surface area contributed by atoms with Crippen LogP contribution in [0.5, 0.6) is 5.75 Å². The Labute approximate surface area is 104 Å². The molecular formula is C14H22N2O. The lowest BCUT2D eigenvalue weighted by atomic mass is 10.3. The third-order valence-corrected chi connectivity index (χ3v) is 3.10. The van der Waals surface area contributed by atoms with Gasteiger partial charge in [0.05, 0.1) is 0 Å². The van der Waals surface area contributed by atoms with Crippen molar-refractivity contribution < 1.29 is 4.74 Å². The molecule has 1 N–H and O–H groups in total. The van der Waals surface area contributed by atoms with Crippen molar-refractivity contribution in [2.45, 2.75) is 19.4 Å². The van der Waals surface area contributed by atoms with Gasteiger partial charge in [-0.1, -0.05) is 18.2 Å². The smallest absolute Gasteiger partial charge is 0.119 e. The Morgan fingerprint density at radius 3 is 3.00 bits per heavy atom. The van der Waals surface area contributed by atoms with E-state index in [-0.39, 0.29) is 0 Å². The molecule has 1 aromatic rings. The van der Waals surface area contributed by atoms with Gasteiger partial charge in [0, 0.05) is 19.1 Å². The number of ether oxygens (including phenoxy) is 1. The van der Waals surface area contributed by atoms with Crippen molar-refractivity contribution in [2.24, 2.45) is 0 Å². The summed E-state index contributed by atoms with van der Waals surface area (Å²) in [5.74, 6) is 0.966. The summed E-state index contributed by atoms with van der Waals surface area (Å²) in [4.78, 5) is 2.48. The zero-order valence-electron chi connectivity index (χ0n) is 10.6. The van der Waals surface area contributed by atoms with Crippen LogP contribution in [0, 0.1) is 0 Å². The van der Waals surface area contributed by atoms with Crippen molar-refractivity contribution in [3.05, 3.63) is 30.3 Å². The second-order valence-electron chi connectivity index (χ2n) is 4.67. The second kappa shape index (κ2) is 6.62. The van der Waals surface area contributed by atoms with E-state index in [1.807, 2.05) is 30.3 Å². The quantitative estimate of drug-likeness (QED) is 0.859. The van der Waals surface area contributed by atoms with Gasteiger partial charge >= 0.3 is 0 Å². The highest BCUT2D eigenvalue weighted by atomic mass is 16.5. The highest BCUT2D eigenvalue weighted by Gasteiger charge is 2.13. The van der Waals surface area contributed by atoms with Crippen LogP contribution >= 0.6 is 0 Å². The molecule has 0 saturated carbocycles. The molecule has 0 spiro atoms. The lowest BCUT2D eigenvalue weighted by molar-refractivity contribution is 0.208. The van der Waals surface area contributed by atoms with Crippen LogP contribution in [0.3, 0.4) is 0 Å². The van der Waals surface area contributed by atoms with E-state index in [1.165, 1.54) is 13.0 Å². The van der Waals surface area contributed by atoms with E-state index < -0.39 is 0 Å². The summed E-state index contributed by atoms with van der Waals surface area (Å²) in [6.45, 7) is 7.47. The Balaban J connectivity index is 1.70. The predicted octanol–water partition coefficient (Wildman–Crippen LogP) is 1.75. The molecule has 3 heteroatoms. The first-order valence-electron chi connectivity index (χ1n) is 6.48. The second-order valence-corrected chi connectivity index (χ2v) is 4.67. The largest absolute Gasteiger partial charge is 0.492 e. The van der Waals surface area contributed by atoms with Crippen LogP contribution in [0.4, 0.5) is 0 Å². The molecule has 1 atom stereocenters. The third kappa shape index (κ3) is 4.36. The monoisotopic (exact) mass is 234 g/mol. The van der Waals surface area contributed by atoms with E-state index in [9.17, 15) is 0 Å². The van der Waals surface area contributed by atoms with Crippen LogP contribution in [0.25, 0.3) is 0 Å². The minimum absolute atomic E-state index is 0.592. The van der Waals surface area contributed by atoms with Gasteiger partial charge in [0.15, 0.2) is 0 Å². The van der Waals surface area contributed by atoms with Crippen LogP contribution in [-0.2, 0) is 0 Å². The first-order chi connectivity index (χ1) is 8.34. The summed E-state index contributed by atoms with van der Waals surface area (Å²) >= 11 is 0. The van der Waals surface area contributed by atoms with Gasteiger partial charge in [0.2, 0.25) is 0 Å². The van der Waals surface area contributed by atoms with Crippen molar-refractivity contribution in [1.82, 2.24) is 10.2 Å². The molecule has 0 radical (unpaired) electrons. The van der Waals surface area contributed by atoms with Crippen LogP contribution in [0.1, 0.15) is 13.3 Å². The summed E-state index contributed by atoms with van der Waals surface area (Å²) in [6.07, 6.45) is 1.23. The van der Waals surface area contributed by atoms with E-state index in [4.69, 9.17) is 4.74 Å². The fourth-order valence-electron chi connectivity index (χ4n) is 2.21. The van der Waals surface area contributed by atoms with E-state index in [0.29, 0.717) is 6.04 Å². The Kier molecular flexibility index (Phi) is 4.83. The molecule has 0 aliphatic carbocycles. The molecule has 0 aromatic heterocycles. The summed E-state index contributed by atoms with van der Waals surface area (Å²) in [6, 6.07) is 10.6. The van der Waals surface area contributed by atoms with Crippen molar-refractivity contribution in [2.75, 3.05) is 32.8 Å². The minimum Gasteiger partial charge on any atom is -0.492 e. The zero-order valence-corrected chi connectivity index (χ0v) is 10.6. The molecule has 17 heavy (non-hydrogen) atoms. The van der Waals surface area contributed by atoms with Gasteiger partial charge in [-0.2, -0.15) is 0 Å². The summed E-state index contributed by atoms with van der Waals surface area (Å²) in [7, 11) is 0. The van der Waals surface area contributed by atoms with Gasteiger partial charge in [0.1, 0.15) is 12.4 Å². The van der Waals surface area contributed by atoms with Gasteiger partial charge in [-0.3, -0.25) is 4.90 Å². The molecule has 1 aliphatic rings. The number of hydrogen-bond donors (Lipinski definition) is 1. The fraction of sp³-hybridized carbons (Fsp3) is 0.571. The van der Waals surface area contributed by atoms with Crippen molar-refractivity contribution in [3.8, 4) is 5.75 Å². The zero-order chi connectivity index (χ0) is 11.9. The molecule has 1 heterocycles. The van der Waals surface area contributed by atoms with E-state index >= 15 is 0 Å². The lowest BCUT2D eigenvalue weighted by Crippen LogP contribution is -2.37. The number of para-hydroxylation sites is 1. The normalized spacial score (nSPS) is 22.1. The highest BCUT2D eigenvalue weighted by Crippen LogP contribution is 2.08. The summed E-state index contributed by atoms with van der Waals surface area (Å²) in [5, 5.41) is 3.50. The van der Waals surface area contributed by atoms with Crippen molar-refractivity contribution >= 4 is 0 Å². The first-order valence-corrected chi connectivity index (χ1v) is 6.48. The fourth-order valence-corrected chi connectivity index (χ4v) is 2.21. The Bertz CT molecular complexity index is 315. The van der Waals surface area contributed by atoms with E-state index in [0.717, 1.165) is 32.0 Å². The Hall–Kier alpha value is -1.06. The molecule has 94 valence electrons. The Morgan fingerprint density at radius 1 is 1.35 bits per heavy atom. The van der Waals surface area contributed by atoms with Gasteiger partial charge in [-0.05, 0) is 38.6 Å². The third-order valence-electron chi connectivity index (χ3n) is 3.10. The number of benzene rings is 1. The first kappa shape index (κ1) is 12.4. The molecule has 0 bridgehead atoms. The van der Waals surface area contributed by atoms with Crippen LogP contribution in [0.15, 0.2) is 30.3 Å². The topological polar surface area (TPSA) is 24.5 Å². The van der Waals surface area contributed by atoms with Gasteiger partial charge in [0.25, 0.3) is 0 Å². The molecular weight excluding hydrogens is 212 g/mol. The molecule has 2 rings (SSSR count). The number of nitrogens with one attached hydrogen (secondary N) is 1. The summed E-state index contributed by atoms with van der Waals surface area (Å²) in [5.41, 5.74) is 0. The number of nitrogens with zero attached hydrogens (tertiary/aromatic N) is 1. The predicted molar refractivity (Wildman–Crippen MR) is 70.5 cm³/mol. The molecule has 1 aliphatic heterocycles. The number of rotatable bonds is 4. The van der Waals surface area contributed by atoms with Crippen LogP contribution in [0.2, 0.25) is 0 Å². The standard InChI is InChI=1S/C14H22N2O/c1-13-12-16(9-5-8-15-13)10-11-17-14-6-3-2-4-7-14/h2-4,6-7,13,15H,5,8-12H2,1H3. The molecule has 1 saturated heterocycles. The average Bonchev–Trinajstić information content (AvgIpc) is 2.55. The molecule has 1 unspecified atom stereocenters. The molecule has 1 aromatic carbocycles. The van der Waals surface area contributed by atoms with Gasteiger partial charge < -0.3 is 10.1 Å². The maximum Gasteiger partial charge on any atom is 0.119 e. The minimum atomic E-state index is 0.592. The van der Waals surface area contributed by atoms with Gasteiger partial charge in [-0.25, -0.2) is 0 Å². The molecule has 1 fully saturated rings.